The largest absolute Gasteiger partial charge is 0.379 e. The van der Waals surface area contributed by atoms with E-state index < -0.39 is 19.4 Å². The number of hydrogen-bond acceptors (Lipinski definition) is 10. The van der Waals surface area contributed by atoms with Gasteiger partial charge in [0.2, 0.25) is 0 Å². The van der Waals surface area contributed by atoms with E-state index in [-0.39, 0.29) is 50.5 Å². The predicted molar refractivity (Wildman–Crippen MR) is 89.9 cm³/mol. The molecule has 2 amide bonds. The number of ether oxygens (including phenoxy) is 1. The number of nitrogens with zero attached hydrogens (tertiary/aromatic N) is 3. The molecule has 0 fully saturated rings. The molecule has 1 heterocycles. The molecule has 0 aliphatic heterocycles. The zero-order valence-electron chi connectivity index (χ0n) is 14.6. The number of nitrogen functional groups attached to an aromatic ring is 2. The van der Waals surface area contributed by atoms with E-state index in [1.165, 1.54) is 0 Å². The lowest BCUT2D eigenvalue weighted by Crippen LogP contribution is -2.36. The molecule has 0 saturated carbocycles. The lowest BCUT2D eigenvalue weighted by atomic mass is 10.3. The number of amides is 2. The van der Waals surface area contributed by atoms with Gasteiger partial charge in [-0.2, -0.15) is 0 Å². The maximum Gasteiger partial charge on any atom is 0.332 e. The van der Waals surface area contributed by atoms with Gasteiger partial charge in [-0.15, -0.1) is 5.10 Å². The van der Waals surface area contributed by atoms with Crippen molar-refractivity contribution in [3.05, 3.63) is 11.4 Å². The number of carbonyl (C=O) groups is 2. The Balaban J connectivity index is 2.63. The molecular formula is C12H24N7O6P. The first-order valence-electron chi connectivity index (χ1n) is 7.83. The van der Waals surface area contributed by atoms with Crippen LogP contribution >= 0.6 is 7.60 Å². The van der Waals surface area contributed by atoms with Crippen molar-refractivity contribution in [1.29, 1.82) is 0 Å². The highest BCUT2D eigenvalue weighted by molar-refractivity contribution is 7.53. The van der Waals surface area contributed by atoms with Crippen LogP contribution in [0.25, 0.3) is 0 Å². The summed E-state index contributed by atoms with van der Waals surface area (Å²) < 4.78 is 29.1. The van der Waals surface area contributed by atoms with Gasteiger partial charge < -0.3 is 13.8 Å². The summed E-state index contributed by atoms with van der Waals surface area (Å²) in [5.74, 6) is 8.60. The number of hydrogen-bond donors (Lipinski definition) is 4. The molecule has 148 valence electrons. The number of carbonyl (C=O) groups excluding carboxylic acids is 2. The molecule has 1 aromatic rings. The minimum Gasteiger partial charge on any atom is -0.379 e. The highest BCUT2D eigenvalue weighted by atomic mass is 31.2. The Morgan fingerprint density at radius 2 is 1.73 bits per heavy atom. The van der Waals surface area contributed by atoms with Crippen LogP contribution < -0.4 is 22.5 Å². The van der Waals surface area contributed by atoms with Crippen molar-refractivity contribution in [2.45, 2.75) is 20.4 Å². The molecule has 0 atom stereocenters. The number of nitrogens with one attached hydrogen (secondary N) is 2. The van der Waals surface area contributed by atoms with Crippen molar-refractivity contribution in [3.8, 4) is 0 Å². The van der Waals surface area contributed by atoms with E-state index in [0.29, 0.717) is 0 Å². The predicted octanol–water partition coefficient (Wildman–Crippen LogP) is -1.23. The molecule has 26 heavy (non-hydrogen) atoms. The molecule has 6 N–H and O–H groups in total. The summed E-state index contributed by atoms with van der Waals surface area (Å²) in [4.78, 5) is 23.4. The monoisotopic (exact) mass is 393 g/mol. The van der Waals surface area contributed by atoms with Crippen molar-refractivity contribution in [1.82, 2.24) is 25.8 Å². The third-order valence-electron chi connectivity index (χ3n) is 3.04. The van der Waals surface area contributed by atoms with Crippen molar-refractivity contribution >= 4 is 19.4 Å². The smallest absolute Gasteiger partial charge is 0.332 e. The summed E-state index contributed by atoms with van der Waals surface area (Å²) >= 11 is 0. The molecule has 13 nitrogen and oxygen atoms in total. The molecule has 0 aromatic carbocycles. The van der Waals surface area contributed by atoms with Gasteiger partial charge in [0, 0.05) is 0 Å². The summed E-state index contributed by atoms with van der Waals surface area (Å²) in [7, 11) is -3.18. The summed E-state index contributed by atoms with van der Waals surface area (Å²) in [5.41, 5.74) is 3.34. The van der Waals surface area contributed by atoms with Crippen LogP contribution in [0.3, 0.4) is 0 Å². The lowest BCUT2D eigenvalue weighted by Gasteiger charge is -2.16. The number of hydrazine groups is 2. The molecule has 14 heteroatoms. The Morgan fingerprint density at radius 1 is 1.12 bits per heavy atom. The molecule has 0 radical (unpaired) electrons. The fourth-order valence-electron chi connectivity index (χ4n) is 1.97. The van der Waals surface area contributed by atoms with Gasteiger partial charge in [-0.25, -0.2) is 16.4 Å². The second kappa shape index (κ2) is 11.0. The molecule has 1 aromatic heterocycles. The summed E-state index contributed by atoms with van der Waals surface area (Å²) in [6, 6.07) is 0. The number of rotatable bonds is 12. The molecule has 0 aliphatic rings. The van der Waals surface area contributed by atoms with Gasteiger partial charge in [-0.3, -0.25) is 25.0 Å². The Hall–Kier alpha value is -1.89. The zero-order valence-corrected chi connectivity index (χ0v) is 15.5. The molecule has 0 spiro atoms. The highest BCUT2D eigenvalue weighted by Crippen LogP contribution is 2.47. The van der Waals surface area contributed by atoms with Crippen LogP contribution in [0.15, 0.2) is 0 Å². The molecule has 0 aliphatic carbocycles. The van der Waals surface area contributed by atoms with Gasteiger partial charge in [0.05, 0.1) is 39.1 Å². The SMILES string of the molecule is CCOP(=O)(CCOCCn1nnc(C(=O)NN)c1C(=O)NN)OCC. The van der Waals surface area contributed by atoms with E-state index in [9.17, 15) is 14.2 Å². The van der Waals surface area contributed by atoms with Gasteiger partial charge in [-0.05, 0) is 13.8 Å². The van der Waals surface area contributed by atoms with Crippen LogP contribution in [0.4, 0.5) is 0 Å². The molecular weight excluding hydrogens is 369 g/mol. The van der Waals surface area contributed by atoms with E-state index >= 15 is 0 Å². The summed E-state index contributed by atoms with van der Waals surface area (Å²) in [6.45, 7) is 4.28. The first kappa shape index (κ1) is 22.2. The molecule has 0 saturated heterocycles. The van der Waals surface area contributed by atoms with E-state index in [1.807, 2.05) is 10.9 Å². The average molecular weight is 393 g/mol. The summed E-state index contributed by atoms with van der Waals surface area (Å²) in [6.07, 6.45) is 0.0863. The van der Waals surface area contributed by atoms with Crippen molar-refractivity contribution < 1.29 is 27.9 Å². The maximum atomic E-state index is 12.3. The van der Waals surface area contributed by atoms with Gasteiger partial charge in [-0.1, -0.05) is 5.21 Å². The van der Waals surface area contributed by atoms with Crippen LogP contribution in [0, 0.1) is 0 Å². The van der Waals surface area contributed by atoms with E-state index in [4.69, 9.17) is 25.5 Å². The molecule has 0 unspecified atom stereocenters. The second-order valence-electron chi connectivity index (χ2n) is 4.74. The zero-order chi connectivity index (χ0) is 19.6. The van der Waals surface area contributed by atoms with Crippen LogP contribution in [-0.2, 0) is 24.9 Å². The van der Waals surface area contributed by atoms with Crippen LogP contribution in [0.1, 0.15) is 34.8 Å². The second-order valence-corrected chi connectivity index (χ2v) is 6.92. The summed E-state index contributed by atoms with van der Waals surface area (Å²) in [5, 5.41) is 7.32. The van der Waals surface area contributed by atoms with Gasteiger partial charge in [0.15, 0.2) is 11.4 Å². The number of aromatic nitrogens is 3. The average Bonchev–Trinajstić information content (AvgIpc) is 3.04. The fourth-order valence-corrected chi connectivity index (χ4v) is 3.45. The standard InChI is InChI=1S/C12H24N7O6P/c1-3-24-26(22,25-4-2)8-7-23-6-5-19-10(12(21)16-14)9(17-18-19)11(20)15-13/h3-8,13-14H2,1-2H3,(H,15,20)(H,16,21). The van der Waals surface area contributed by atoms with Gasteiger partial charge in [0.1, 0.15) is 0 Å². The quantitative estimate of drug-likeness (QED) is 0.110. The highest BCUT2D eigenvalue weighted by Gasteiger charge is 2.25. The van der Waals surface area contributed by atoms with E-state index in [0.717, 1.165) is 4.68 Å². The van der Waals surface area contributed by atoms with Crippen molar-refractivity contribution in [2.24, 2.45) is 11.7 Å². The Kier molecular flexibility index (Phi) is 9.34. The van der Waals surface area contributed by atoms with E-state index in [2.05, 4.69) is 10.3 Å². The van der Waals surface area contributed by atoms with Gasteiger partial charge in [0.25, 0.3) is 11.8 Å². The van der Waals surface area contributed by atoms with Crippen LogP contribution in [0.2, 0.25) is 0 Å². The Labute approximate surface area is 150 Å². The number of nitrogens with two attached hydrogens (primary N) is 2. The Bertz CT molecular complexity index is 642. The third kappa shape index (κ3) is 6.12. The van der Waals surface area contributed by atoms with Gasteiger partial charge >= 0.3 is 7.60 Å². The van der Waals surface area contributed by atoms with E-state index in [1.54, 1.807) is 13.8 Å². The molecule has 0 bridgehead atoms. The Morgan fingerprint density at radius 3 is 2.27 bits per heavy atom. The molecule has 1 rings (SSSR count). The lowest BCUT2D eigenvalue weighted by molar-refractivity contribution is 0.0905. The third-order valence-corrected chi connectivity index (χ3v) is 5.07. The fraction of sp³-hybridized carbons (Fsp3) is 0.667. The van der Waals surface area contributed by atoms with Crippen molar-refractivity contribution in [2.75, 3.05) is 32.6 Å². The first-order valence-corrected chi connectivity index (χ1v) is 9.56. The van der Waals surface area contributed by atoms with Crippen LogP contribution in [0.5, 0.6) is 0 Å². The maximum absolute atomic E-state index is 12.3. The topological polar surface area (TPSA) is 186 Å². The minimum absolute atomic E-state index is 0.0863. The van der Waals surface area contributed by atoms with Crippen molar-refractivity contribution in [3.63, 3.8) is 0 Å². The first-order chi connectivity index (χ1) is 12.4. The van der Waals surface area contributed by atoms with Crippen LogP contribution in [-0.4, -0.2) is 59.4 Å². The normalized spacial score (nSPS) is 11.4. The minimum atomic E-state index is -3.18.